The van der Waals surface area contributed by atoms with Gasteiger partial charge in [0.2, 0.25) is 29.5 Å². The molecule has 0 bridgehead atoms. The van der Waals surface area contributed by atoms with E-state index in [1.54, 1.807) is 36.4 Å². The van der Waals surface area contributed by atoms with Crippen LogP contribution in [0.1, 0.15) is 36.5 Å². The van der Waals surface area contributed by atoms with Crippen LogP contribution < -0.4 is 27.4 Å². The summed E-state index contributed by atoms with van der Waals surface area (Å²) in [6, 6.07) is 16.5. The van der Waals surface area contributed by atoms with Crippen molar-refractivity contribution in [2.24, 2.45) is 11.5 Å². The molecule has 5 amide bonds. The summed E-state index contributed by atoms with van der Waals surface area (Å²) in [6.45, 7) is 1.74. The lowest BCUT2D eigenvalue weighted by atomic mass is 10.0. The van der Waals surface area contributed by atoms with Crippen molar-refractivity contribution in [3.05, 3.63) is 95.6 Å². The van der Waals surface area contributed by atoms with Crippen LogP contribution in [0.2, 0.25) is 0 Å². The van der Waals surface area contributed by atoms with Crippen LogP contribution in [0.15, 0.2) is 78.9 Å². The fraction of sp³-hybridized carbons (Fsp3) is 0.343. The molecule has 9 N–H and O–H groups in total. The predicted molar refractivity (Wildman–Crippen MR) is 177 cm³/mol. The molecule has 3 aromatic rings. The first-order valence-electron chi connectivity index (χ1n) is 15.8. The second-order valence-electron chi connectivity index (χ2n) is 12.0. The van der Waals surface area contributed by atoms with Gasteiger partial charge in [-0.15, -0.1) is 0 Å². The van der Waals surface area contributed by atoms with Crippen LogP contribution >= 0.6 is 0 Å². The number of hydrogen-bond acceptors (Lipinski definition) is 8. The maximum absolute atomic E-state index is 14.0. The number of likely N-dealkylation sites (tertiary alicyclic amines) is 1. The molecule has 48 heavy (non-hydrogen) atoms. The zero-order chi connectivity index (χ0) is 34.8. The zero-order valence-corrected chi connectivity index (χ0v) is 26.7. The van der Waals surface area contributed by atoms with Crippen LogP contribution in [0.4, 0.5) is 0 Å². The summed E-state index contributed by atoms with van der Waals surface area (Å²) in [5.74, 6) is -2.82. The van der Waals surface area contributed by atoms with Gasteiger partial charge in [0.25, 0.3) is 0 Å². The molecule has 0 aromatic heterocycles. The number of aromatic hydroxyl groups is 2. The number of carbonyl (C=O) groups excluding carboxylic acids is 5. The largest absolute Gasteiger partial charge is 0.508 e. The lowest BCUT2D eigenvalue weighted by Crippen LogP contribution is -2.58. The summed E-state index contributed by atoms with van der Waals surface area (Å²) in [6.07, 6.45) is 1.28. The van der Waals surface area contributed by atoms with E-state index >= 15 is 0 Å². The molecule has 0 radical (unpaired) electrons. The Morgan fingerprint density at radius 3 is 1.88 bits per heavy atom. The first kappa shape index (κ1) is 35.4. The van der Waals surface area contributed by atoms with E-state index in [0.717, 1.165) is 11.1 Å². The Morgan fingerprint density at radius 1 is 0.750 bits per heavy atom. The molecular weight excluding hydrogens is 616 g/mol. The topological polar surface area (TPSA) is 217 Å². The van der Waals surface area contributed by atoms with E-state index in [1.807, 2.05) is 18.2 Å². The predicted octanol–water partition coefficient (Wildman–Crippen LogP) is 0.404. The average Bonchev–Trinajstić information content (AvgIpc) is 3.56. The van der Waals surface area contributed by atoms with Gasteiger partial charge in [-0.1, -0.05) is 54.6 Å². The molecule has 13 heteroatoms. The second kappa shape index (κ2) is 16.4. The average molecular weight is 659 g/mol. The number of nitrogens with zero attached hydrogens (tertiary/aromatic N) is 1. The van der Waals surface area contributed by atoms with E-state index in [9.17, 15) is 34.2 Å². The molecule has 0 saturated carbocycles. The van der Waals surface area contributed by atoms with Crippen molar-refractivity contribution in [3.8, 4) is 11.5 Å². The number of rotatable bonds is 14. The molecule has 254 valence electrons. The van der Waals surface area contributed by atoms with E-state index in [1.165, 1.54) is 36.1 Å². The number of primary amides is 1. The molecule has 1 aliphatic rings. The van der Waals surface area contributed by atoms with Crippen molar-refractivity contribution >= 4 is 29.5 Å². The Kier molecular flexibility index (Phi) is 12.1. The third-order valence-corrected chi connectivity index (χ3v) is 8.25. The number of benzene rings is 3. The fourth-order valence-corrected chi connectivity index (χ4v) is 5.57. The van der Waals surface area contributed by atoms with Gasteiger partial charge >= 0.3 is 0 Å². The minimum absolute atomic E-state index is 0.0571. The monoisotopic (exact) mass is 658 g/mol. The van der Waals surface area contributed by atoms with Crippen LogP contribution in [0.5, 0.6) is 11.5 Å². The van der Waals surface area contributed by atoms with E-state index in [0.29, 0.717) is 18.4 Å². The van der Waals surface area contributed by atoms with Gasteiger partial charge in [0.1, 0.15) is 35.7 Å². The van der Waals surface area contributed by atoms with Crippen LogP contribution in [-0.4, -0.2) is 81.4 Å². The first-order chi connectivity index (χ1) is 22.9. The van der Waals surface area contributed by atoms with Crippen LogP contribution in [0, 0.1) is 0 Å². The molecule has 1 heterocycles. The maximum Gasteiger partial charge on any atom is 0.246 e. The van der Waals surface area contributed by atoms with Gasteiger partial charge in [0, 0.05) is 19.4 Å². The summed E-state index contributed by atoms with van der Waals surface area (Å²) in [5, 5.41) is 27.1. The van der Waals surface area contributed by atoms with E-state index in [2.05, 4.69) is 16.0 Å². The Bertz CT molecular complexity index is 1580. The molecular formula is C35H42N6O7. The summed E-state index contributed by atoms with van der Waals surface area (Å²) in [4.78, 5) is 67.2. The molecule has 0 spiro atoms. The van der Waals surface area contributed by atoms with Crippen molar-refractivity contribution in [1.82, 2.24) is 20.9 Å². The van der Waals surface area contributed by atoms with Gasteiger partial charge in [-0.2, -0.15) is 0 Å². The highest BCUT2D eigenvalue weighted by atomic mass is 16.3. The summed E-state index contributed by atoms with van der Waals surface area (Å²) < 4.78 is 0. The quantitative estimate of drug-likeness (QED) is 0.128. The number of phenolic OH excluding ortho intramolecular Hbond substituents is 2. The van der Waals surface area contributed by atoms with Crippen molar-refractivity contribution in [2.75, 3.05) is 6.54 Å². The molecule has 3 aromatic carbocycles. The van der Waals surface area contributed by atoms with Crippen molar-refractivity contribution in [1.29, 1.82) is 0 Å². The number of amides is 5. The standard InChI is InChI=1S/C35H42N6O7/c1-21(38-33(46)27(36)18-23-9-13-25(42)14-10-23)32(45)40-29(20-22-6-3-2-4-7-22)35(48)41-17-5-8-30(41)34(47)39-28(31(37)44)19-24-11-15-26(43)16-12-24/h2-4,6-7,9-16,21,27-30,42-43H,5,8,17-20,36H2,1H3,(H2,37,44)(H,38,46)(H,39,47)(H,40,45)/t21-,27+,28+,29+,30-/m1/s1. The molecule has 1 aliphatic heterocycles. The Labute approximate surface area is 278 Å². The molecule has 5 atom stereocenters. The molecule has 1 saturated heterocycles. The highest BCUT2D eigenvalue weighted by Crippen LogP contribution is 2.21. The third kappa shape index (κ3) is 9.79. The van der Waals surface area contributed by atoms with Crippen LogP contribution in [-0.2, 0) is 43.2 Å². The van der Waals surface area contributed by atoms with Crippen LogP contribution in [0.25, 0.3) is 0 Å². The zero-order valence-electron chi connectivity index (χ0n) is 26.7. The highest BCUT2D eigenvalue weighted by Gasteiger charge is 2.39. The van der Waals surface area contributed by atoms with Crippen molar-refractivity contribution in [3.63, 3.8) is 0 Å². The number of phenols is 2. The fourth-order valence-electron chi connectivity index (χ4n) is 5.57. The molecule has 1 fully saturated rings. The number of nitrogens with two attached hydrogens (primary N) is 2. The molecule has 13 nitrogen and oxygen atoms in total. The summed E-state index contributed by atoms with van der Waals surface area (Å²) >= 11 is 0. The van der Waals surface area contributed by atoms with Gasteiger partial charge < -0.3 is 42.5 Å². The first-order valence-corrected chi connectivity index (χ1v) is 15.8. The molecule has 0 unspecified atom stereocenters. The smallest absolute Gasteiger partial charge is 0.246 e. The van der Waals surface area contributed by atoms with E-state index in [4.69, 9.17) is 11.5 Å². The van der Waals surface area contributed by atoms with E-state index in [-0.39, 0.29) is 37.3 Å². The second-order valence-corrected chi connectivity index (χ2v) is 12.0. The van der Waals surface area contributed by atoms with Gasteiger partial charge in [0.15, 0.2) is 0 Å². The Balaban J connectivity index is 1.43. The van der Waals surface area contributed by atoms with Gasteiger partial charge in [-0.25, -0.2) is 0 Å². The van der Waals surface area contributed by atoms with E-state index < -0.39 is 59.7 Å². The molecule has 4 rings (SSSR count). The lowest BCUT2D eigenvalue weighted by molar-refractivity contribution is -0.142. The SMILES string of the molecule is C[C@@H](NC(=O)[C@@H](N)Cc1ccc(O)cc1)C(=O)N[C@@H](Cc1ccccc1)C(=O)N1CCC[C@@H]1C(=O)N[C@@H](Cc1ccc(O)cc1)C(N)=O. The Morgan fingerprint density at radius 2 is 1.29 bits per heavy atom. The number of carbonyl (C=O) groups is 5. The lowest BCUT2D eigenvalue weighted by Gasteiger charge is -2.30. The van der Waals surface area contributed by atoms with Crippen molar-refractivity contribution < 1.29 is 34.2 Å². The maximum atomic E-state index is 14.0. The van der Waals surface area contributed by atoms with Gasteiger partial charge in [-0.3, -0.25) is 24.0 Å². The minimum Gasteiger partial charge on any atom is -0.508 e. The summed E-state index contributed by atoms with van der Waals surface area (Å²) in [5.41, 5.74) is 13.8. The molecule has 0 aliphatic carbocycles. The van der Waals surface area contributed by atoms with Gasteiger partial charge in [-0.05, 0) is 67.1 Å². The normalized spacial score (nSPS) is 16.6. The van der Waals surface area contributed by atoms with Crippen molar-refractivity contribution in [2.45, 2.75) is 69.2 Å². The van der Waals surface area contributed by atoms with Crippen LogP contribution in [0.3, 0.4) is 0 Å². The number of hydrogen-bond donors (Lipinski definition) is 7. The Hall–Kier alpha value is -5.43. The third-order valence-electron chi connectivity index (χ3n) is 8.25. The highest BCUT2D eigenvalue weighted by molar-refractivity contribution is 5.96. The minimum atomic E-state index is -1.07. The summed E-state index contributed by atoms with van der Waals surface area (Å²) in [7, 11) is 0. The van der Waals surface area contributed by atoms with Gasteiger partial charge in [0.05, 0.1) is 6.04 Å². The number of nitrogens with one attached hydrogen (secondary N) is 3.